The highest BCUT2D eigenvalue weighted by Crippen LogP contribution is 2.28. The average Bonchev–Trinajstić information content (AvgIpc) is 2.46. The Hall–Kier alpha value is -0.870. The molecule has 4 heteroatoms. The predicted molar refractivity (Wildman–Crippen MR) is 93.2 cm³/mol. The summed E-state index contributed by atoms with van der Waals surface area (Å²) < 4.78 is 4.90. The fourth-order valence-corrected chi connectivity index (χ4v) is 3.28. The predicted octanol–water partition coefficient (Wildman–Crippen LogP) is 5.18. The standard InChI is InChI=1S/C17H24O2S2/c1-5-14(4)21-16-9-7-15(8-10-16)20-12-13(3)11-17(18)19-6-2/h7-11,14H,5-6,12H2,1-4H3/b13-11+. The number of esters is 1. The van der Waals surface area contributed by atoms with Gasteiger partial charge < -0.3 is 4.74 Å². The molecule has 0 N–H and O–H groups in total. The maximum absolute atomic E-state index is 11.3. The minimum Gasteiger partial charge on any atom is -0.463 e. The van der Waals surface area contributed by atoms with E-state index in [2.05, 4.69) is 38.1 Å². The fraction of sp³-hybridized carbons (Fsp3) is 0.471. The van der Waals surface area contributed by atoms with Crippen LogP contribution in [0.5, 0.6) is 0 Å². The van der Waals surface area contributed by atoms with E-state index in [4.69, 9.17) is 4.74 Å². The zero-order valence-electron chi connectivity index (χ0n) is 13.2. The van der Waals surface area contributed by atoms with Crippen LogP contribution in [-0.2, 0) is 9.53 Å². The quantitative estimate of drug-likeness (QED) is 0.374. The third kappa shape index (κ3) is 7.63. The van der Waals surface area contributed by atoms with Gasteiger partial charge in [0.25, 0.3) is 0 Å². The minimum absolute atomic E-state index is 0.254. The number of hydrogen-bond acceptors (Lipinski definition) is 4. The van der Waals surface area contributed by atoms with E-state index >= 15 is 0 Å². The van der Waals surface area contributed by atoms with Gasteiger partial charge >= 0.3 is 5.97 Å². The normalized spacial score (nSPS) is 13.0. The van der Waals surface area contributed by atoms with Crippen LogP contribution in [0.2, 0.25) is 0 Å². The van der Waals surface area contributed by atoms with E-state index in [1.54, 1.807) is 17.8 Å². The number of carbonyl (C=O) groups excluding carboxylic acids is 1. The van der Waals surface area contributed by atoms with Gasteiger partial charge in [-0.25, -0.2) is 4.79 Å². The molecule has 0 radical (unpaired) electrons. The summed E-state index contributed by atoms with van der Waals surface area (Å²) in [5.41, 5.74) is 1.02. The Kier molecular flexibility index (Phi) is 8.62. The second-order valence-corrected chi connectivity index (χ2v) is 7.40. The van der Waals surface area contributed by atoms with Crippen LogP contribution < -0.4 is 0 Å². The molecule has 21 heavy (non-hydrogen) atoms. The van der Waals surface area contributed by atoms with Gasteiger partial charge in [0.1, 0.15) is 0 Å². The van der Waals surface area contributed by atoms with Gasteiger partial charge in [-0.05, 0) is 44.5 Å². The number of rotatable bonds is 8. The lowest BCUT2D eigenvalue weighted by Gasteiger charge is -2.08. The van der Waals surface area contributed by atoms with E-state index in [1.807, 2.05) is 25.6 Å². The first-order valence-corrected chi connectivity index (χ1v) is 9.15. The summed E-state index contributed by atoms with van der Waals surface area (Å²) in [5, 5.41) is 0.651. The number of hydrogen-bond donors (Lipinski definition) is 0. The van der Waals surface area contributed by atoms with Crippen molar-refractivity contribution >= 4 is 29.5 Å². The maximum Gasteiger partial charge on any atom is 0.330 e. The molecular formula is C17H24O2S2. The van der Waals surface area contributed by atoms with Crippen molar-refractivity contribution in [2.24, 2.45) is 0 Å². The van der Waals surface area contributed by atoms with Gasteiger partial charge in [0, 0.05) is 26.9 Å². The van der Waals surface area contributed by atoms with Crippen molar-refractivity contribution in [1.29, 1.82) is 0 Å². The molecule has 0 aliphatic heterocycles. The number of benzene rings is 1. The first-order valence-electron chi connectivity index (χ1n) is 7.28. The molecule has 0 amide bonds. The molecule has 0 aliphatic rings. The lowest BCUT2D eigenvalue weighted by atomic mass is 10.3. The van der Waals surface area contributed by atoms with E-state index in [1.165, 1.54) is 16.2 Å². The molecular weight excluding hydrogens is 300 g/mol. The summed E-state index contributed by atoms with van der Waals surface area (Å²) >= 11 is 3.65. The molecule has 0 bridgehead atoms. The second-order valence-electron chi connectivity index (χ2n) is 4.84. The van der Waals surface area contributed by atoms with Crippen LogP contribution in [0.15, 0.2) is 45.7 Å². The topological polar surface area (TPSA) is 26.3 Å². The van der Waals surface area contributed by atoms with Gasteiger partial charge in [-0.1, -0.05) is 19.4 Å². The third-order valence-electron chi connectivity index (χ3n) is 2.85. The van der Waals surface area contributed by atoms with Crippen molar-refractivity contribution in [3.63, 3.8) is 0 Å². The summed E-state index contributed by atoms with van der Waals surface area (Å²) in [7, 11) is 0. The smallest absolute Gasteiger partial charge is 0.330 e. The van der Waals surface area contributed by atoms with Gasteiger partial charge in [-0.2, -0.15) is 0 Å². The summed E-state index contributed by atoms with van der Waals surface area (Å²) in [5.74, 6) is 0.548. The Bertz CT molecular complexity index is 466. The fourth-order valence-electron chi connectivity index (χ4n) is 1.55. The number of carbonyl (C=O) groups is 1. The van der Waals surface area contributed by atoms with Crippen molar-refractivity contribution in [1.82, 2.24) is 0 Å². The van der Waals surface area contributed by atoms with E-state index in [-0.39, 0.29) is 5.97 Å². The van der Waals surface area contributed by atoms with E-state index in [9.17, 15) is 4.79 Å². The lowest BCUT2D eigenvalue weighted by molar-refractivity contribution is -0.137. The molecule has 0 saturated carbocycles. The molecule has 2 nitrogen and oxygen atoms in total. The Labute approximate surface area is 136 Å². The average molecular weight is 325 g/mol. The summed E-state index contributed by atoms with van der Waals surface area (Å²) in [6.07, 6.45) is 2.75. The van der Waals surface area contributed by atoms with Crippen molar-refractivity contribution < 1.29 is 9.53 Å². The molecule has 0 saturated heterocycles. The molecule has 0 spiro atoms. The SMILES string of the molecule is CCOC(=O)/C=C(\C)CSc1ccc(SC(C)CC)cc1. The van der Waals surface area contributed by atoms with Gasteiger partial charge in [-0.3, -0.25) is 0 Å². The zero-order chi connectivity index (χ0) is 15.7. The first kappa shape index (κ1) is 18.2. The molecule has 116 valence electrons. The monoisotopic (exact) mass is 324 g/mol. The van der Waals surface area contributed by atoms with Gasteiger partial charge in [0.05, 0.1) is 6.61 Å². The molecule has 1 aromatic rings. The van der Waals surface area contributed by atoms with Gasteiger partial charge in [0.15, 0.2) is 0 Å². The maximum atomic E-state index is 11.3. The van der Waals surface area contributed by atoms with Crippen molar-refractivity contribution in [3.05, 3.63) is 35.9 Å². The largest absolute Gasteiger partial charge is 0.463 e. The Balaban J connectivity index is 2.47. The molecule has 1 aromatic carbocycles. The van der Waals surface area contributed by atoms with Crippen molar-refractivity contribution in [2.75, 3.05) is 12.4 Å². The number of thioether (sulfide) groups is 2. The highest BCUT2D eigenvalue weighted by atomic mass is 32.2. The Morgan fingerprint density at radius 3 is 2.43 bits per heavy atom. The van der Waals surface area contributed by atoms with Crippen molar-refractivity contribution in [2.45, 2.75) is 49.2 Å². The van der Waals surface area contributed by atoms with Gasteiger partial charge in [-0.15, -0.1) is 23.5 Å². The molecule has 0 fully saturated rings. The summed E-state index contributed by atoms with van der Waals surface area (Å²) in [6, 6.07) is 8.63. The van der Waals surface area contributed by atoms with E-state index < -0.39 is 0 Å². The van der Waals surface area contributed by atoms with Crippen LogP contribution in [0.4, 0.5) is 0 Å². The van der Waals surface area contributed by atoms with Crippen LogP contribution in [0.25, 0.3) is 0 Å². The molecule has 1 unspecified atom stereocenters. The molecule has 0 aromatic heterocycles. The molecule has 0 heterocycles. The molecule has 1 atom stereocenters. The van der Waals surface area contributed by atoms with Crippen LogP contribution in [0, 0.1) is 0 Å². The van der Waals surface area contributed by atoms with Crippen LogP contribution in [-0.4, -0.2) is 23.6 Å². The lowest BCUT2D eigenvalue weighted by Crippen LogP contribution is -2.01. The summed E-state index contributed by atoms with van der Waals surface area (Å²) in [4.78, 5) is 13.9. The number of ether oxygens (including phenoxy) is 1. The van der Waals surface area contributed by atoms with Crippen LogP contribution in [0.1, 0.15) is 34.1 Å². The third-order valence-corrected chi connectivity index (χ3v) is 5.34. The Morgan fingerprint density at radius 2 is 1.86 bits per heavy atom. The minimum atomic E-state index is -0.254. The van der Waals surface area contributed by atoms with Crippen LogP contribution >= 0.6 is 23.5 Å². The Morgan fingerprint density at radius 1 is 1.24 bits per heavy atom. The summed E-state index contributed by atoms with van der Waals surface area (Å²) in [6.45, 7) is 8.65. The van der Waals surface area contributed by atoms with Crippen LogP contribution in [0.3, 0.4) is 0 Å². The van der Waals surface area contributed by atoms with Gasteiger partial charge in [0.2, 0.25) is 0 Å². The highest BCUT2D eigenvalue weighted by molar-refractivity contribution is 8.00. The van der Waals surface area contributed by atoms with E-state index in [0.29, 0.717) is 11.9 Å². The first-order chi connectivity index (χ1) is 10.0. The molecule has 1 rings (SSSR count). The van der Waals surface area contributed by atoms with E-state index in [0.717, 1.165) is 11.3 Å². The van der Waals surface area contributed by atoms with Crippen molar-refractivity contribution in [3.8, 4) is 0 Å². The highest BCUT2D eigenvalue weighted by Gasteiger charge is 2.03. The second kappa shape index (κ2) is 9.96. The molecule has 0 aliphatic carbocycles. The zero-order valence-corrected chi connectivity index (χ0v) is 14.9.